The van der Waals surface area contributed by atoms with Crippen molar-refractivity contribution in [3.05, 3.63) is 57.8 Å². The average Bonchev–Trinajstić information content (AvgIpc) is 2.38. The Labute approximate surface area is 121 Å². The molecule has 0 bridgehead atoms. The number of hydrogen-bond donors (Lipinski definition) is 2. The normalized spacial score (nSPS) is 10.5. The second-order valence-electron chi connectivity index (χ2n) is 4.45. The van der Waals surface area contributed by atoms with Crippen molar-refractivity contribution in [3.63, 3.8) is 0 Å². The van der Waals surface area contributed by atoms with Crippen molar-refractivity contribution in [2.45, 2.75) is 13.3 Å². The molecule has 2 nitrogen and oxygen atoms in total. The van der Waals surface area contributed by atoms with Gasteiger partial charge in [0.2, 0.25) is 0 Å². The molecule has 19 heavy (non-hydrogen) atoms. The first-order chi connectivity index (χ1) is 9.08. The zero-order valence-electron chi connectivity index (χ0n) is 10.7. The summed E-state index contributed by atoms with van der Waals surface area (Å²) in [5, 5.41) is 3.17. The molecule has 0 amide bonds. The van der Waals surface area contributed by atoms with Gasteiger partial charge in [0.25, 0.3) is 0 Å². The molecule has 0 aromatic heterocycles. The van der Waals surface area contributed by atoms with Gasteiger partial charge in [-0.15, -0.1) is 0 Å². The molecule has 0 radical (unpaired) electrons. The zero-order valence-corrected chi connectivity index (χ0v) is 12.3. The van der Waals surface area contributed by atoms with Crippen LogP contribution in [0.15, 0.2) is 40.9 Å². The Morgan fingerprint density at radius 3 is 2.84 bits per heavy atom. The summed E-state index contributed by atoms with van der Waals surface area (Å²) in [6.07, 6.45) is 0.862. The average molecular weight is 323 g/mol. The van der Waals surface area contributed by atoms with Crippen molar-refractivity contribution in [2.75, 3.05) is 17.6 Å². The highest BCUT2D eigenvalue weighted by molar-refractivity contribution is 9.10. The van der Waals surface area contributed by atoms with E-state index in [0.29, 0.717) is 12.2 Å². The highest BCUT2D eigenvalue weighted by atomic mass is 79.9. The van der Waals surface area contributed by atoms with E-state index in [4.69, 9.17) is 5.73 Å². The molecule has 0 fully saturated rings. The minimum Gasteiger partial charge on any atom is -0.395 e. The van der Waals surface area contributed by atoms with Gasteiger partial charge in [-0.3, -0.25) is 0 Å². The first kappa shape index (κ1) is 13.9. The Hall–Kier alpha value is -1.55. The highest BCUT2D eigenvalue weighted by Crippen LogP contribution is 2.21. The van der Waals surface area contributed by atoms with Gasteiger partial charge in [-0.1, -0.05) is 28.1 Å². The molecule has 2 aromatic carbocycles. The van der Waals surface area contributed by atoms with Gasteiger partial charge in [0, 0.05) is 11.0 Å². The molecule has 4 heteroatoms. The van der Waals surface area contributed by atoms with E-state index in [9.17, 15) is 4.39 Å². The van der Waals surface area contributed by atoms with Crippen LogP contribution < -0.4 is 11.1 Å². The van der Waals surface area contributed by atoms with Gasteiger partial charge in [-0.2, -0.15) is 0 Å². The number of nitrogens with two attached hydrogens (primary N) is 1. The van der Waals surface area contributed by atoms with Crippen molar-refractivity contribution in [1.82, 2.24) is 0 Å². The summed E-state index contributed by atoms with van der Waals surface area (Å²) in [6, 6.07) is 11.0. The molecule has 0 heterocycles. The Morgan fingerprint density at radius 2 is 2.05 bits per heavy atom. The summed E-state index contributed by atoms with van der Waals surface area (Å²) in [6.45, 7) is 2.79. The molecule has 0 unspecified atom stereocenters. The fourth-order valence-corrected chi connectivity index (χ4v) is 2.34. The fraction of sp³-hybridized carbons (Fsp3) is 0.200. The van der Waals surface area contributed by atoms with Crippen LogP contribution >= 0.6 is 15.9 Å². The molecule has 0 spiro atoms. The quantitative estimate of drug-likeness (QED) is 0.830. The summed E-state index contributed by atoms with van der Waals surface area (Å²) in [7, 11) is 0. The molecule has 2 rings (SSSR count). The predicted octanol–water partition coefficient (Wildman–Crippen LogP) is 4.13. The number of benzene rings is 2. The van der Waals surface area contributed by atoms with Gasteiger partial charge in [-0.25, -0.2) is 4.39 Å². The Balaban J connectivity index is 2.00. The molecule has 0 saturated carbocycles. The van der Waals surface area contributed by atoms with Crippen LogP contribution in [-0.4, -0.2) is 6.54 Å². The van der Waals surface area contributed by atoms with Crippen molar-refractivity contribution in [3.8, 4) is 0 Å². The molecule has 0 aliphatic heterocycles. The summed E-state index contributed by atoms with van der Waals surface area (Å²) < 4.78 is 14.3. The smallest absolute Gasteiger partial charge is 0.148 e. The summed E-state index contributed by atoms with van der Waals surface area (Å²) in [5.41, 5.74) is 9.00. The number of para-hydroxylation sites is 1. The third kappa shape index (κ3) is 3.47. The number of nitrogen functional groups attached to an aromatic ring is 1. The van der Waals surface area contributed by atoms with Crippen LogP contribution in [0.1, 0.15) is 11.1 Å². The standard InChI is InChI=1S/C15H16BrFN2/c1-10-5-6-12(16)9-11(10)7-8-19-14-4-2-3-13(17)15(14)18/h2-6,9,19H,7-8,18H2,1H3. The number of aryl methyl sites for hydroxylation is 1. The Morgan fingerprint density at radius 1 is 1.26 bits per heavy atom. The van der Waals surface area contributed by atoms with Crippen molar-refractivity contribution < 1.29 is 4.39 Å². The van der Waals surface area contributed by atoms with Crippen molar-refractivity contribution in [1.29, 1.82) is 0 Å². The molecule has 0 atom stereocenters. The van der Waals surface area contributed by atoms with Gasteiger partial charge < -0.3 is 11.1 Å². The van der Waals surface area contributed by atoms with Gasteiger partial charge >= 0.3 is 0 Å². The van der Waals surface area contributed by atoms with Gasteiger partial charge in [-0.05, 0) is 48.7 Å². The van der Waals surface area contributed by atoms with E-state index >= 15 is 0 Å². The Bertz CT molecular complexity index is 582. The summed E-state index contributed by atoms with van der Waals surface area (Å²) >= 11 is 3.46. The number of anilines is 2. The van der Waals surface area contributed by atoms with Crippen molar-refractivity contribution >= 4 is 27.3 Å². The number of nitrogens with one attached hydrogen (secondary N) is 1. The van der Waals surface area contributed by atoms with Gasteiger partial charge in [0.15, 0.2) is 0 Å². The van der Waals surface area contributed by atoms with E-state index < -0.39 is 0 Å². The Kier molecular flexibility index (Phi) is 4.43. The molecule has 2 aromatic rings. The summed E-state index contributed by atoms with van der Waals surface area (Å²) in [5.74, 6) is -0.386. The molecular weight excluding hydrogens is 307 g/mol. The molecule has 3 N–H and O–H groups in total. The van der Waals surface area contributed by atoms with Crippen molar-refractivity contribution in [2.24, 2.45) is 0 Å². The van der Waals surface area contributed by atoms with Crippen LogP contribution in [0.5, 0.6) is 0 Å². The summed E-state index contributed by atoms with van der Waals surface area (Å²) in [4.78, 5) is 0. The zero-order chi connectivity index (χ0) is 13.8. The minimum atomic E-state index is -0.386. The predicted molar refractivity (Wildman–Crippen MR) is 81.9 cm³/mol. The number of hydrogen-bond acceptors (Lipinski definition) is 2. The lowest BCUT2D eigenvalue weighted by Crippen LogP contribution is -2.08. The van der Waals surface area contributed by atoms with Crippen LogP contribution in [0.4, 0.5) is 15.8 Å². The second-order valence-corrected chi connectivity index (χ2v) is 5.36. The van der Waals surface area contributed by atoms with Crippen LogP contribution in [0.2, 0.25) is 0 Å². The molecule has 0 aliphatic carbocycles. The van der Waals surface area contributed by atoms with E-state index in [1.165, 1.54) is 17.2 Å². The second kappa shape index (κ2) is 6.06. The van der Waals surface area contributed by atoms with Crippen LogP contribution in [0.3, 0.4) is 0 Å². The van der Waals surface area contributed by atoms with Gasteiger partial charge in [0.1, 0.15) is 5.82 Å². The lowest BCUT2D eigenvalue weighted by molar-refractivity contribution is 0.633. The first-order valence-corrected chi connectivity index (χ1v) is 6.90. The molecular formula is C15H16BrFN2. The number of halogens is 2. The molecule has 100 valence electrons. The van der Waals surface area contributed by atoms with Crippen LogP contribution in [-0.2, 0) is 6.42 Å². The van der Waals surface area contributed by atoms with Crippen LogP contribution in [0, 0.1) is 12.7 Å². The lowest BCUT2D eigenvalue weighted by Gasteiger charge is -2.11. The SMILES string of the molecule is Cc1ccc(Br)cc1CCNc1cccc(F)c1N. The van der Waals surface area contributed by atoms with E-state index in [2.05, 4.69) is 40.3 Å². The third-order valence-electron chi connectivity index (χ3n) is 3.07. The van der Waals surface area contributed by atoms with E-state index in [1.54, 1.807) is 12.1 Å². The maximum absolute atomic E-state index is 13.3. The van der Waals surface area contributed by atoms with E-state index in [1.807, 2.05) is 6.07 Å². The monoisotopic (exact) mass is 322 g/mol. The van der Waals surface area contributed by atoms with Gasteiger partial charge in [0.05, 0.1) is 11.4 Å². The maximum atomic E-state index is 13.3. The van der Waals surface area contributed by atoms with E-state index in [-0.39, 0.29) is 11.5 Å². The first-order valence-electron chi connectivity index (χ1n) is 6.11. The lowest BCUT2D eigenvalue weighted by atomic mass is 10.1. The minimum absolute atomic E-state index is 0.175. The highest BCUT2D eigenvalue weighted by Gasteiger charge is 2.04. The largest absolute Gasteiger partial charge is 0.395 e. The van der Waals surface area contributed by atoms with Crippen LogP contribution in [0.25, 0.3) is 0 Å². The maximum Gasteiger partial charge on any atom is 0.148 e. The van der Waals surface area contributed by atoms with E-state index in [0.717, 1.165) is 10.9 Å². The number of rotatable bonds is 4. The molecule has 0 saturated heterocycles. The topological polar surface area (TPSA) is 38.0 Å². The molecule has 0 aliphatic rings. The fourth-order valence-electron chi connectivity index (χ4n) is 1.93. The third-order valence-corrected chi connectivity index (χ3v) is 3.57.